The van der Waals surface area contributed by atoms with Gasteiger partial charge in [-0.25, -0.2) is 9.59 Å². The van der Waals surface area contributed by atoms with Gasteiger partial charge in [-0.3, -0.25) is 0 Å². The molecule has 1 heterocycles. The molecule has 20 heavy (non-hydrogen) atoms. The summed E-state index contributed by atoms with van der Waals surface area (Å²) in [4.78, 5) is 22.9. The minimum absolute atomic E-state index is 0.0720. The first-order valence-electron chi connectivity index (χ1n) is 6.25. The van der Waals surface area contributed by atoms with E-state index < -0.39 is 18.0 Å². The van der Waals surface area contributed by atoms with Gasteiger partial charge in [-0.15, -0.1) is 0 Å². The van der Waals surface area contributed by atoms with E-state index in [0.717, 1.165) is 5.39 Å². The van der Waals surface area contributed by atoms with E-state index in [1.807, 2.05) is 12.1 Å². The number of esters is 1. The molecule has 1 aliphatic rings. The number of carbonyl (C=O) groups is 2. The lowest BCUT2D eigenvalue weighted by atomic mass is 10.0. The van der Waals surface area contributed by atoms with Crippen LogP contribution >= 0.6 is 0 Å². The molecule has 3 rings (SSSR count). The first-order chi connectivity index (χ1) is 9.66. The second-order valence-electron chi connectivity index (χ2n) is 4.53. The number of carboxylic acids is 1. The number of carbonyl (C=O) groups excluding carboxylic acids is 1. The summed E-state index contributed by atoms with van der Waals surface area (Å²) in [7, 11) is 0. The van der Waals surface area contributed by atoms with Crippen molar-refractivity contribution in [1.29, 1.82) is 0 Å². The van der Waals surface area contributed by atoms with Gasteiger partial charge in [0.15, 0.2) is 6.10 Å². The summed E-state index contributed by atoms with van der Waals surface area (Å²) in [6, 6.07) is 10.5. The van der Waals surface area contributed by atoms with E-state index in [4.69, 9.17) is 9.47 Å². The van der Waals surface area contributed by atoms with Crippen LogP contribution in [0.15, 0.2) is 36.4 Å². The molecule has 1 unspecified atom stereocenters. The van der Waals surface area contributed by atoms with Crippen LogP contribution in [-0.2, 0) is 9.53 Å². The molecule has 2 aromatic rings. The molecule has 0 aromatic heterocycles. The molecule has 5 nitrogen and oxygen atoms in total. The van der Waals surface area contributed by atoms with E-state index >= 15 is 0 Å². The lowest BCUT2D eigenvalue weighted by Gasteiger charge is -2.14. The van der Waals surface area contributed by atoms with E-state index in [9.17, 15) is 14.7 Å². The maximum atomic E-state index is 11.5. The Kier molecular flexibility index (Phi) is 3.02. The number of rotatable bonds is 3. The number of fused-ring (bicyclic) bond motifs is 1. The fraction of sp³-hybridized carbons (Fsp3) is 0.200. The number of cyclic esters (lactones) is 1. The van der Waals surface area contributed by atoms with Crippen LogP contribution in [0.25, 0.3) is 10.8 Å². The number of aromatic carboxylic acids is 1. The quantitative estimate of drug-likeness (QED) is 0.867. The van der Waals surface area contributed by atoms with Crippen LogP contribution in [0.1, 0.15) is 16.8 Å². The molecule has 1 N–H and O–H groups in total. The van der Waals surface area contributed by atoms with Crippen LogP contribution in [0, 0.1) is 0 Å². The highest BCUT2D eigenvalue weighted by molar-refractivity contribution is 6.06. The van der Waals surface area contributed by atoms with Gasteiger partial charge in [0.2, 0.25) is 0 Å². The molecular weight excluding hydrogens is 260 g/mol. The number of hydrogen-bond donors (Lipinski definition) is 1. The Labute approximate surface area is 114 Å². The van der Waals surface area contributed by atoms with Crippen LogP contribution in [0.2, 0.25) is 0 Å². The zero-order valence-electron chi connectivity index (χ0n) is 10.5. The predicted molar refractivity (Wildman–Crippen MR) is 70.9 cm³/mol. The first-order valence-corrected chi connectivity index (χ1v) is 6.25. The number of carboxylic acid groups (broad SMARTS) is 1. The highest BCUT2D eigenvalue weighted by Gasteiger charge is 2.30. The summed E-state index contributed by atoms with van der Waals surface area (Å²) in [5.74, 6) is -1.34. The average Bonchev–Trinajstić information content (AvgIpc) is 2.83. The van der Waals surface area contributed by atoms with E-state index in [1.54, 1.807) is 24.3 Å². The van der Waals surface area contributed by atoms with Gasteiger partial charge in [0.05, 0.1) is 6.61 Å². The average molecular weight is 272 g/mol. The van der Waals surface area contributed by atoms with Crippen molar-refractivity contribution in [3.63, 3.8) is 0 Å². The van der Waals surface area contributed by atoms with Crippen molar-refractivity contribution < 1.29 is 24.2 Å². The van der Waals surface area contributed by atoms with Gasteiger partial charge < -0.3 is 14.6 Å². The Balaban J connectivity index is 2.08. The zero-order chi connectivity index (χ0) is 14.1. The summed E-state index contributed by atoms with van der Waals surface area (Å²) in [6.45, 7) is 0.305. The molecule has 0 aliphatic carbocycles. The van der Waals surface area contributed by atoms with Crippen LogP contribution in [0.3, 0.4) is 0 Å². The molecule has 0 amide bonds. The Morgan fingerprint density at radius 2 is 2.05 bits per heavy atom. The zero-order valence-corrected chi connectivity index (χ0v) is 10.5. The summed E-state index contributed by atoms with van der Waals surface area (Å²) in [5, 5.41) is 10.8. The van der Waals surface area contributed by atoms with Crippen molar-refractivity contribution in [2.24, 2.45) is 0 Å². The molecule has 0 spiro atoms. The minimum atomic E-state index is -1.08. The highest BCUT2D eigenvalue weighted by Crippen LogP contribution is 2.30. The summed E-state index contributed by atoms with van der Waals surface area (Å²) in [5.41, 5.74) is 0.0720. The molecule has 1 saturated heterocycles. The van der Waals surface area contributed by atoms with Gasteiger partial charge in [-0.1, -0.05) is 30.3 Å². The second-order valence-corrected chi connectivity index (χ2v) is 4.53. The van der Waals surface area contributed by atoms with Gasteiger partial charge in [-0.2, -0.15) is 0 Å². The second kappa shape index (κ2) is 4.85. The maximum Gasteiger partial charge on any atom is 0.347 e. The third-order valence-corrected chi connectivity index (χ3v) is 3.26. The molecule has 1 aliphatic heterocycles. The smallest absolute Gasteiger partial charge is 0.347 e. The van der Waals surface area contributed by atoms with Gasteiger partial charge in [0.25, 0.3) is 0 Å². The normalized spacial score (nSPS) is 18.0. The number of ether oxygens (including phenoxy) is 2. The van der Waals surface area contributed by atoms with Crippen molar-refractivity contribution in [2.75, 3.05) is 6.61 Å². The lowest BCUT2D eigenvalue weighted by Crippen LogP contribution is -2.22. The molecule has 0 saturated carbocycles. The summed E-state index contributed by atoms with van der Waals surface area (Å²) < 4.78 is 10.3. The topological polar surface area (TPSA) is 72.8 Å². The Hall–Kier alpha value is -2.56. The number of hydrogen-bond acceptors (Lipinski definition) is 4. The third kappa shape index (κ3) is 2.07. The van der Waals surface area contributed by atoms with Gasteiger partial charge >= 0.3 is 11.9 Å². The number of benzene rings is 2. The van der Waals surface area contributed by atoms with E-state index in [1.165, 1.54) is 0 Å². The minimum Gasteiger partial charge on any atom is -0.478 e. The molecule has 2 aromatic carbocycles. The first kappa shape index (κ1) is 12.5. The molecular formula is C15H12O5. The van der Waals surface area contributed by atoms with Gasteiger partial charge in [0.1, 0.15) is 11.3 Å². The lowest BCUT2D eigenvalue weighted by molar-refractivity contribution is -0.143. The van der Waals surface area contributed by atoms with Crippen molar-refractivity contribution in [3.8, 4) is 5.75 Å². The van der Waals surface area contributed by atoms with Gasteiger partial charge in [0, 0.05) is 6.42 Å². The van der Waals surface area contributed by atoms with Crippen LogP contribution in [0.4, 0.5) is 0 Å². The van der Waals surface area contributed by atoms with E-state index in [0.29, 0.717) is 18.4 Å². The van der Waals surface area contributed by atoms with Crippen LogP contribution in [0.5, 0.6) is 5.75 Å². The van der Waals surface area contributed by atoms with Gasteiger partial charge in [-0.05, 0) is 16.8 Å². The summed E-state index contributed by atoms with van der Waals surface area (Å²) >= 11 is 0. The standard InChI is InChI=1S/C15H12O5/c16-14(17)13-10-4-2-1-3-9(10)5-6-11(13)20-12-7-8-19-15(12)18/h1-6,12H,7-8H2,(H,16,17). The Morgan fingerprint density at radius 3 is 2.75 bits per heavy atom. The third-order valence-electron chi connectivity index (χ3n) is 3.26. The van der Waals surface area contributed by atoms with Crippen LogP contribution in [-0.4, -0.2) is 29.8 Å². The molecule has 102 valence electrons. The van der Waals surface area contributed by atoms with Crippen molar-refractivity contribution >= 4 is 22.7 Å². The van der Waals surface area contributed by atoms with Crippen molar-refractivity contribution in [1.82, 2.24) is 0 Å². The van der Waals surface area contributed by atoms with E-state index in [-0.39, 0.29) is 11.3 Å². The highest BCUT2D eigenvalue weighted by atomic mass is 16.6. The Bertz CT molecular complexity index is 692. The van der Waals surface area contributed by atoms with Crippen molar-refractivity contribution in [2.45, 2.75) is 12.5 Å². The monoisotopic (exact) mass is 272 g/mol. The van der Waals surface area contributed by atoms with E-state index in [2.05, 4.69) is 0 Å². The summed E-state index contributed by atoms with van der Waals surface area (Å²) in [6.07, 6.45) is -0.292. The molecule has 1 fully saturated rings. The molecule has 1 atom stereocenters. The largest absolute Gasteiger partial charge is 0.478 e. The fourth-order valence-electron chi connectivity index (χ4n) is 2.31. The molecule has 0 bridgehead atoms. The maximum absolute atomic E-state index is 11.5. The molecule has 0 radical (unpaired) electrons. The SMILES string of the molecule is O=C(O)c1c(OC2CCOC2=O)ccc2ccccc12. The Morgan fingerprint density at radius 1 is 1.25 bits per heavy atom. The fourth-order valence-corrected chi connectivity index (χ4v) is 2.31. The van der Waals surface area contributed by atoms with Crippen molar-refractivity contribution in [3.05, 3.63) is 42.0 Å². The molecule has 5 heteroatoms. The predicted octanol–water partition coefficient (Wildman–Crippen LogP) is 2.23. The van der Waals surface area contributed by atoms with Crippen LogP contribution < -0.4 is 4.74 Å².